The van der Waals surface area contributed by atoms with Crippen LogP contribution in [0.1, 0.15) is 49.1 Å². The molecule has 0 spiro atoms. The Hall–Kier alpha value is -2.90. The van der Waals surface area contributed by atoms with Gasteiger partial charge in [0.05, 0.1) is 24.5 Å². The molecule has 0 aliphatic heterocycles. The average molecular weight is 458 g/mol. The van der Waals surface area contributed by atoms with Crippen LogP contribution < -0.4 is 0 Å². The Morgan fingerprint density at radius 1 is 1.09 bits per heavy atom. The molecule has 1 aromatic carbocycles. The summed E-state index contributed by atoms with van der Waals surface area (Å²) in [4.78, 5) is 25.5. The summed E-state index contributed by atoms with van der Waals surface area (Å²) in [5.41, 5.74) is 4.83. The van der Waals surface area contributed by atoms with E-state index in [1.807, 2.05) is 48.7 Å². The zero-order valence-corrected chi connectivity index (χ0v) is 19.8. The Bertz CT molecular complexity index is 1150. The second-order valence-electron chi connectivity index (χ2n) is 7.72. The van der Waals surface area contributed by atoms with Crippen molar-refractivity contribution in [3.8, 4) is 0 Å². The number of halogens is 1. The van der Waals surface area contributed by atoms with E-state index >= 15 is 0 Å². The first-order valence-electron chi connectivity index (χ1n) is 10.4. The van der Waals surface area contributed by atoms with E-state index in [0.29, 0.717) is 47.2 Å². The van der Waals surface area contributed by atoms with Crippen molar-refractivity contribution >= 4 is 23.4 Å². The van der Waals surface area contributed by atoms with E-state index in [9.17, 15) is 9.59 Å². The van der Waals surface area contributed by atoms with Gasteiger partial charge in [-0.05, 0) is 45.4 Å². The fourth-order valence-corrected chi connectivity index (χ4v) is 4.02. The number of esters is 1. The zero-order valence-electron chi connectivity index (χ0n) is 19.1. The van der Waals surface area contributed by atoms with Gasteiger partial charge in [0.15, 0.2) is 6.61 Å². The highest BCUT2D eigenvalue weighted by molar-refractivity contribution is 6.31. The Labute approximate surface area is 192 Å². The topological polar surface area (TPSA) is 75.3 Å². The molecule has 3 aromatic rings. The lowest BCUT2D eigenvalue weighted by molar-refractivity contribution is 0.0473. The largest absolute Gasteiger partial charge is 0.454 e. The van der Waals surface area contributed by atoms with E-state index in [0.717, 1.165) is 17.0 Å². The number of nitrogens with zero attached hydrogens (tertiary/aromatic N) is 3. The second kappa shape index (κ2) is 10.1. The monoisotopic (exact) mass is 457 g/mol. The number of ketones is 1. The van der Waals surface area contributed by atoms with Crippen molar-refractivity contribution in [3.63, 3.8) is 0 Å². The minimum atomic E-state index is -0.563. The number of rotatable bonds is 9. The maximum absolute atomic E-state index is 12.8. The predicted molar refractivity (Wildman–Crippen MR) is 123 cm³/mol. The van der Waals surface area contributed by atoms with Gasteiger partial charge in [0.25, 0.3) is 0 Å². The number of aryl methyl sites for hydroxylation is 2. The van der Waals surface area contributed by atoms with Crippen molar-refractivity contribution in [2.24, 2.45) is 0 Å². The lowest BCUT2D eigenvalue weighted by Gasteiger charge is -2.09. The van der Waals surface area contributed by atoms with Gasteiger partial charge in [-0.3, -0.25) is 9.48 Å². The highest BCUT2D eigenvalue weighted by Gasteiger charge is 2.23. The number of hydrogen-bond donors (Lipinski definition) is 0. The Balaban J connectivity index is 1.71. The van der Waals surface area contributed by atoms with Gasteiger partial charge in [-0.1, -0.05) is 29.8 Å². The molecule has 0 aliphatic rings. The molecule has 3 rings (SSSR count). The van der Waals surface area contributed by atoms with Gasteiger partial charge >= 0.3 is 5.97 Å². The van der Waals surface area contributed by atoms with Crippen LogP contribution in [-0.2, 0) is 22.6 Å². The van der Waals surface area contributed by atoms with Crippen molar-refractivity contribution in [3.05, 3.63) is 74.8 Å². The molecule has 0 bridgehead atoms. The number of aromatic nitrogens is 3. The van der Waals surface area contributed by atoms with Crippen LogP contribution in [0.4, 0.5) is 0 Å². The van der Waals surface area contributed by atoms with Gasteiger partial charge in [0.2, 0.25) is 5.78 Å². The maximum atomic E-state index is 12.8. The molecule has 2 heterocycles. The van der Waals surface area contributed by atoms with E-state index < -0.39 is 5.97 Å². The van der Waals surface area contributed by atoms with Crippen LogP contribution in [0.2, 0.25) is 5.02 Å². The quantitative estimate of drug-likeness (QED) is 0.353. The number of hydrogen-bond acceptors (Lipinski definition) is 5. The molecular formula is C24H28ClN3O4. The molecule has 7 nitrogen and oxygen atoms in total. The zero-order chi connectivity index (χ0) is 23.4. The van der Waals surface area contributed by atoms with Crippen molar-refractivity contribution < 1.29 is 19.1 Å². The molecule has 0 fully saturated rings. The van der Waals surface area contributed by atoms with Crippen molar-refractivity contribution in [2.75, 3.05) is 20.3 Å². The smallest absolute Gasteiger partial charge is 0.342 e. The minimum Gasteiger partial charge on any atom is -0.454 e. The van der Waals surface area contributed by atoms with Crippen LogP contribution in [0.5, 0.6) is 0 Å². The van der Waals surface area contributed by atoms with Crippen molar-refractivity contribution in [1.29, 1.82) is 0 Å². The number of benzene rings is 1. The molecular weight excluding hydrogens is 430 g/mol. The Morgan fingerprint density at radius 2 is 1.81 bits per heavy atom. The van der Waals surface area contributed by atoms with Crippen LogP contribution in [0, 0.1) is 27.7 Å². The first-order chi connectivity index (χ1) is 15.2. The third kappa shape index (κ3) is 4.95. The molecule has 0 unspecified atom stereocenters. The highest BCUT2D eigenvalue weighted by Crippen LogP contribution is 2.21. The van der Waals surface area contributed by atoms with Gasteiger partial charge in [0.1, 0.15) is 5.56 Å². The Kier molecular flexibility index (Phi) is 7.53. The van der Waals surface area contributed by atoms with Gasteiger partial charge in [-0.15, -0.1) is 0 Å². The van der Waals surface area contributed by atoms with Crippen LogP contribution >= 0.6 is 11.6 Å². The van der Waals surface area contributed by atoms with Crippen LogP contribution in [0.3, 0.4) is 0 Å². The van der Waals surface area contributed by atoms with E-state index in [1.165, 1.54) is 0 Å². The molecule has 0 N–H and O–H groups in total. The summed E-state index contributed by atoms with van der Waals surface area (Å²) in [5.74, 6) is -0.805. The van der Waals surface area contributed by atoms with E-state index in [1.54, 1.807) is 25.6 Å². The normalized spacial score (nSPS) is 11.1. The summed E-state index contributed by atoms with van der Waals surface area (Å²) in [6, 6.07) is 9.31. The van der Waals surface area contributed by atoms with Crippen LogP contribution in [0.15, 0.2) is 30.3 Å². The first kappa shape index (κ1) is 23.8. The standard InChI is InChI=1S/C24H28ClN3O4/c1-15-12-20(17(3)27(15)10-11-31-5)22(29)14-32-24(30)23-16(2)26-28(18(23)4)13-19-8-6-7-9-21(19)25/h6-9,12H,10-11,13-14H2,1-5H3. The first-order valence-corrected chi connectivity index (χ1v) is 10.8. The maximum Gasteiger partial charge on any atom is 0.342 e. The Morgan fingerprint density at radius 3 is 2.50 bits per heavy atom. The average Bonchev–Trinajstić information content (AvgIpc) is 3.20. The second-order valence-corrected chi connectivity index (χ2v) is 8.13. The molecule has 0 atom stereocenters. The summed E-state index contributed by atoms with van der Waals surface area (Å²) in [6.07, 6.45) is 0. The number of carbonyl (C=O) groups is 2. The van der Waals surface area contributed by atoms with E-state index in [2.05, 4.69) is 5.10 Å². The molecule has 0 radical (unpaired) electrons. The molecule has 2 aromatic heterocycles. The molecule has 0 aliphatic carbocycles. The summed E-state index contributed by atoms with van der Waals surface area (Å²) < 4.78 is 14.2. The lowest BCUT2D eigenvalue weighted by Crippen LogP contribution is -2.16. The third-order valence-electron chi connectivity index (χ3n) is 5.59. The predicted octanol–water partition coefficient (Wildman–Crippen LogP) is 4.31. The van der Waals surface area contributed by atoms with Gasteiger partial charge in [-0.25, -0.2) is 4.79 Å². The number of Topliss-reactive ketones (excluding diaryl/α,β-unsaturated/α-hetero) is 1. The fraction of sp³-hybridized carbons (Fsp3) is 0.375. The minimum absolute atomic E-state index is 0.242. The molecule has 0 saturated heterocycles. The van der Waals surface area contributed by atoms with Crippen molar-refractivity contribution in [2.45, 2.75) is 40.8 Å². The lowest BCUT2D eigenvalue weighted by atomic mass is 10.1. The summed E-state index contributed by atoms with van der Waals surface area (Å²) in [7, 11) is 1.64. The molecule has 0 saturated carbocycles. The number of carbonyl (C=O) groups excluding carboxylic acids is 2. The number of ether oxygens (including phenoxy) is 2. The van der Waals surface area contributed by atoms with Gasteiger partial charge in [-0.2, -0.15) is 5.10 Å². The third-order valence-corrected chi connectivity index (χ3v) is 5.96. The van der Waals surface area contributed by atoms with Gasteiger partial charge in [0, 0.05) is 35.6 Å². The number of methoxy groups -OCH3 is 1. The highest BCUT2D eigenvalue weighted by atomic mass is 35.5. The van der Waals surface area contributed by atoms with Crippen LogP contribution in [0.25, 0.3) is 0 Å². The summed E-state index contributed by atoms with van der Waals surface area (Å²) in [6.45, 7) is 8.68. The van der Waals surface area contributed by atoms with E-state index in [4.69, 9.17) is 21.1 Å². The molecule has 0 amide bonds. The SMILES string of the molecule is COCCn1c(C)cc(C(=O)COC(=O)c2c(C)nn(Cc3ccccc3Cl)c2C)c1C. The van der Waals surface area contributed by atoms with Gasteiger partial charge < -0.3 is 14.0 Å². The molecule has 8 heteroatoms. The fourth-order valence-electron chi connectivity index (χ4n) is 3.83. The summed E-state index contributed by atoms with van der Waals surface area (Å²) >= 11 is 6.25. The molecule has 170 valence electrons. The van der Waals surface area contributed by atoms with E-state index in [-0.39, 0.29) is 12.4 Å². The van der Waals surface area contributed by atoms with Crippen molar-refractivity contribution in [1.82, 2.24) is 14.3 Å². The van der Waals surface area contributed by atoms with Crippen LogP contribution in [-0.4, -0.2) is 46.4 Å². The molecule has 32 heavy (non-hydrogen) atoms. The summed E-state index contributed by atoms with van der Waals surface area (Å²) in [5, 5.41) is 5.10.